The monoisotopic (exact) mass is 370 g/mol. The molecule has 2 aromatic rings. The van der Waals surface area contributed by atoms with E-state index in [4.69, 9.17) is 9.72 Å². The van der Waals surface area contributed by atoms with Gasteiger partial charge in [-0.2, -0.15) is 0 Å². The number of amides is 2. The highest BCUT2D eigenvalue weighted by Crippen LogP contribution is 2.30. The van der Waals surface area contributed by atoms with Crippen LogP contribution in [0.3, 0.4) is 0 Å². The minimum absolute atomic E-state index is 0.0578. The number of rotatable bonds is 8. The van der Waals surface area contributed by atoms with Crippen molar-refractivity contribution in [2.75, 3.05) is 26.2 Å². The molecule has 1 aliphatic carbocycles. The minimum atomic E-state index is 0.0578. The van der Waals surface area contributed by atoms with E-state index in [0.29, 0.717) is 12.5 Å². The summed E-state index contributed by atoms with van der Waals surface area (Å²) in [6.07, 6.45) is 6.65. The molecule has 0 bridgehead atoms. The van der Waals surface area contributed by atoms with E-state index in [0.717, 1.165) is 62.2 Å². The number of benzene rings is 1. The van der Waals surface area contributed by atoms with Crippen LogP contribution in [0.15, 0.2) is 24.3 Å². The molecular weight excluding hydrogens is 340 g/mol. The summed E-state index contributed by atoms with van der Waals surface area (Å²) in [4.78, 5) is 19.3. The Morgan fingerprint density at radius 3 is 2.89 bits per heavy atom. The van der Waals surface area contributed by atoms with Gasteiger partial charge in [0.2, 0.25) is 0 Å². The molecule has 1 saturated heterocycles. The van der Waals surface area contributed by atoms with Crippen molar-refractivity contribution in [1.29, 1.82) is 0 Å². The number of aromatic nitrogens is 2. The summed E-state index contributed by atoms with van der Waals surface area (Å²) in [5.41, 5.74) is 2.19. The lowest BCUT2D eigenvalue weighted by molar-refractivity contribution is 0.0801. The van der Waals surface area contributed by atoms with E-state index in [9.17, 15) is 4.79 Å². The first-order valence-electron chi connectivity index (χ1n) is 10.3. The van der Waals surface area contributed by atoms with Crippen LogP contribution in [0.25, 0.3) is 11.0 Å². The van der Waals surface area contributed by atoms with Crippen LogP contribution in [0, 0.1) is 5.92 Å². The number of fused-ring (bicyclic) bond motifs is 1. The fourth-order valence-electron chi connectivity index (χ4n) is 3.86. The second-order valence-electron chi connectivity index (χ2n) is 7.89. The Kier molecular flexibility index (Phi) is 5.62. The maximum absolute atomic E-state index is 12.7. The Bertz CT molecular complexity index is 778. The van der Waals surface area contributed by atoms with Gasteiger partial charge in [0, 0.05) is 39.7 Å². The number of nitrogens with zero attached hydrogens (tertiary/aromatic N) is 3. The topological polar surface area (TPSA) is 59.4 Å². The summed E-state index contributed by atoms with van der Waals surface area (Å²) in [7, 11) is 2.06. The van der Waals surface area contributed by atoms with Gasteiger partial charge in [-0.15, -0.1) is 0 Å². The van der Waals surface area contributed by atoms with Gasteiger partial charge in [-0.1, -0.05) is 12.1 Å². The molecule has 0 spiro atoms. The standard InChI is InChI=1S/C21H30N4O2/c1-24-19-8-3-2-7-18(19)23-20(24)9-4-12-22-21(26)25(14-16-10-11-16)15-17-6-5-13-27-17/h2-3,7-8,16-17H,4-6,9-15H2,1H3,(H,22,26). The lowest BCUT2D eigenvalue weighted by Crippen LogP contribution is -2.45. The number of carbonyl (C=O) groups is 1. The van der Waals surface area contributed by atoms with Crippen LogP contribution in [0.5, 0.6) is 0 Å². The number of nitrogens with one attached hydrogen (secondary N) is 1. The van der Waals surface area contributed by atoms with E-state index < -0.39 is 0 Å². The number of aryl methyl sites for hydroxylation is 2. The van der Waals surface area contributed by atoms with E-state index in [1.807, 2.05) is 23.1 Å². The number of ether oxygens (including phenoxy) is 1. The van der Waals surface area contributed by atoms with Gasteiger partial charge in [0.15, 0.2) is 0 Å². The van der Waals surface area contributed by atoms with E-state index in [1.54, 1.807) is 0 Å². The van der Waals surface area contributed by atoms with E-state index in [2.05, 4.69) is 23.0 Å². The van der Waals surface area contributed by atoms with Crippen LogP contribution in [-0.2, 0) is 18.2 Å². The highest BCUT2D eigenvalue weighted by atomic mass is 16.5. The zero-order valence-electron chi connectivity index (χ0n) is 16.2. The summed E-state index contributed by atoms with van der Waals surface area (Å²) < 4.78 is 7.88. The number of para-hydroxylation sites is 2. The molecular formula is C21H30N4O2. The Labute approximate surface area is 160 Å². The molecule has 1 N–H and O–H groups in total. The van der Waals surface area contributed by atoms with Crippen molar-refractivity contribution in [1.82, 2.24) is 19.8 Å². The number of carbonyl (C=O) groups excluding carboxylic acids is 1. The minimum Gasteiger partial charge on any atom is -0.376 e. The largest absolute Gasteiger partial charge is 0.376 e. The van der Waals surface area contributed by atoms with Crippen molar-refractivity contribution in [2.45, 2.75) is 44.6 Å². The highest BCUT2D eigenvalue weighted by Gasteiger charge is 2.29. The Morgan fingerprint density at radius 1 is 1.30 bits per heavy atom. The van der Waals surface area contributed by atoms with Crippen molar-refractivity contribution < 1.29 is 9.53 Å². The zero-order chi connectivity index (χ0) is 18.6. The molecule has 1 atom stereocenters. The molecule has 1 aromatic heterocycles. The first kappa shape index (κ1) is 18.3. The molecule has 2 fully saturated rings. The van der Waals surface area contributed by atoms with Gasteiger partial charge >= 0.3 is 6.03 Å². The lowest BCUT2D eigenvalue weighted by Gasteiger charge is -2.25. The maximum atomic E-state index is 12.7. The highest BCUT2D eigenvalue weighted by molar-refractivity contribution is 5.76. The van der Waals surface area contributed by atoms with Crippen LogP contribution in [-0.4, -0.2) is 52.8 Å². The van der Waals surface area contributed by atoms with Crippen LogP contribution >= 0.6 is 0 Å². The van der Waals surface area contributed by atoms with Gasteiger partial charge in [0.25, 0.3) is 0 Å². The number of hydrogen-bond donors (Lipinski definition) is 1. The fraction of sp³-hybridized carbons (Fsp3) is 0.619. The molecule has 146 valence electrons. The molecule has 2 amide bonds. The van der Waals surface area contributed by atoms with Gasteiger partial charge in [-0.25, -0.2) is 9.78 Å². The van der Waals surface area contributed by atoms with Gasteiger partial charge in [-0.05, 0) is 50.2 Å². The Balaban J connectivity index is 1.26. The fourth-order valence-corrected chi connectivity index (χ4v) is 3.86. The summed E-state index contributed by atoms with van der Waals surface area (Å²) in [5.74, 6) is 1.76. The van der Waals surface area contributed by atoms with Crippen LogP contribution in [0.4, 0.5) is 4.79 Å². The van der Waals surface area contributed by atoms with E-state index >= 15 is 0 Å². The Hall–Kier alpha value is -2.08. The van der Waals surface area contributed by atoms with Crippen LogP contribution in [0.2, 0.25) is 0 Å². The van der Waals surface area contributed by atoms with Gasteiger partial charge in [-0.3, -0.25) is 0 Å². The van der Waals surface area contributed by atoms with Crippen molar-refractivity contribution in [3.8, 4) is 0 Å². The number of urea groups is 1. The van der Waals surface area contributed by atoms with Gasteiger partial charge in [0.1, 0.15) is 5.82 Å². The SMILES string of the molecule is Cn1c(CCCNC(=O)N(CC2CC2)CC2CCCO2)nc2ccccc21. The predicted octanol–water partition coefficient (Wildman–Crippen LogP) is 3.11. The molecule has 1 unspecified atom stereocenters. The van der Waals surface area contributed by atoms with Gasteiger partial charge < -0.3 is 19.5 Å². The first-order chi connectivity index (χ1) is 13.2. The summed E-state index contributed by atoms with van der Waals surface area (Å²) in [6.45, 7) is 3.11. The van der Waals surface area contributed by atoms with Crippen molar-refractivity contribution >= 4 is 17.1 Å². The van der Waals surface area contributed by atoms with Crippen molar-refractivity contribution in [3.05, 3.63) is 30.1 Å². The third-order valence-electron chi connectivity index (χ3n) is 5.64. The first-order valence-corrected chi connectivity index (χ1v) is 10.3. The summed E-state index contributed by atoms with van der Waals surface area (Å²) in [6, 6.07) is 8.25. The second kappa shape index (κ2) is 8.30. The molecule has 2 aliphatic rings. The van der Waals surface area contributed by atoms with Crippen LogP contribution in [0.1, 0.15) is 37.9 Å². The molecule has 0 radical (unpaired) electrons. The van der Waals surface area contributed by atoms with Crippen molar-refractivity contribution in [2.24, 2.45) is 13.0 Å². The molecule has 6 nitrogen and oxygen atoms in total. The quantitative estimate of drug-likeness (QED) is 0.727. The van der Waals surface area contributed by atoms with Crippen LogP contribution < -0.4 is 5.32 Å². The third-order valence-corrected chi connectivity index (χ3v) is 5.64. The normalized spacial score (nSPS) is 19.5. The maximum Gasteiger partial charge on any atom is 0.317 e. The molecule has 1 saturated carbocycles. The predicted molar refractivity (Wildman–Crippen MR) is 106 cm³/mol. The number of imidazole rings is 1. The van der Waals surface area contributed by atoms with Gasteiger partial charge in [0.05, 0.1) is 17.1 Å². The lowest BCUT2D eigenvalue weighted by atomic mass is 10.2. The Morgan fingerprint density at radius 2 is 2.15 bits per heavy atom. The zero-order valence-corrected chi connectivity index (χ0v) is 16.2. The summed E-state index contributed by atoms with van der Waals surface area (Å²) >= 11 is 0. The molecule has 6 heteroatoms. The average molecular weight is 370 g/mol. The van der Waals surface area contributed by atoms with E-state index in [-0.39, 0.29) is 12.1 Å². The summed E-state index contributed by atoms with van der Waals surface area (Å²) in [5, 5.41) is 3.11. The third kappa shape index (κ3) is 4.61. The average Bonchev–Trinajstić information content (AvgIpc) is 3.23. The molecule has 1 aromatic carbocycles. The number of hydrogen-bond acceptors (Lipinski definition) is 3. The molecule has 27 heavy (non-hydrogen) atoms. The van der Waals surface area contributed by atoms with Crippen molar-refractivity contribution in [3.63, 3.8) is 0 Å². The molecule has 1 aliphatic heterocycles. The molecule has 2 heterocycles. The smallest absolute Gasteiger partial charge is 0.317 e. The molecule has 4 rings (SSSR count). The van der Waals surface area contributed by atoms with E-state index in [1.165, 1.54) is 12.8 Å². The second-order valence-corrected chi connectivity index (χ2v) is 7.89.